The van der Waals surface area contributed by atoms with Crippen molar-refractivity contribution in [1.82, 2.24) is 5.32 Å². The maximum Gasteiger partial charge on any atom is 0.312 e. The Hall–Kier alpha value is -1.30. The van der Waals surface area contributed by atoms with Crippen LogP contribution >= 0.6 is 0 Å². The first-order chi connectivity index (χ1) is 10.4. The van der Waals surface area contributed by atoms with Crippen LogP contribution in [0.2, 0.25) is 0 Å². The van der Waals surface area contributed by atoms with Crippen molar-refractivity contribution in [3.8, 4) is 0 Å². The number of fused-ring (bicyclic) bond motifs is 2. The predicted octanol–water partition coefficient (Wildman–Crippen LogP) is 3.17. The molecule has 6 N–H and O–H groups in total. The van der Waals surface area contributed by atoms with E-state index in [1.54, 1.807) is 0 Å². The van der Waals surface area contributed by atoms with Gasteiger partial charge in [0.2, 0.25) is 5.91 Å². The number of aliphatic hydroxyl groups is 1. The van der Waals surface area contributed by atoms with Crippen LogP contribution in [-0.4, -0.2) is 29.7 Å². The second-order valence-electron chi connectivity index (χ2n) is 7.22. The van der Waals surface area contributed by atoms with Crippen molar-refractivity contribution in [2.24, 2.45) is 28.7 Å². The highest BCUT2D eigenvalue weighted by Crippen LogP contribution is 2.55. The first-order valence-electron chi connectivity index (χ1n) is 8.42. The minimum absolute atomic E-state index is 0. The summed E-state index contributed by atoms with van der Waals surface area (Å²) in [6, 6.07) is -0.000000000000000444. The van der Waals surface area contributed by atoms with Gasteiger partial charge in [0.05, 0.1) is 0 Å². The van der Waals surface area contributed by atoms with Crippen LogP contribution in [0.3, 0.4) is 0 Å². The van der Waals surface area contributed by atoms with Crippen LogP contribution in [-0.2, 0) is 4.79 Å². The zero-order valence-corrected chi connectivity index (χ0v) is 13.2. The van der Waals surface area contributed by atoms with E-state index in [9.17, 15) is 9.59 Å². The van der Waals surface area contributed by atoms with Crippen molar-refractivity contribution in [2.75, 3.05) is 6.61 Å². The molecule has 2 bridgehead atoms. The Morgan fingerprint density at radius 1 is 1.00 bits per heavy atom. The summed E-state index contributed by atoms with van der Waals surface area (Å²) < 4.78 is 0. The number of nitrogens with two attached hydrogens (primary N) is 2. The summed E-state index contributed by atoms with van der Waals surface area (Å²) >= 11 is 0. The molecule has 150 valence electrons. The number of carbonyl (C=O) groups is 2. The fourth-order valence-corrected chi connectivity index (χ4v) is 3.24. The van der Waals surface area contributed by atoms with Crippen molar-refractivity contribution in [2.45, 2.75) is 86.1 Å². The van der Waals surface area contributed by atoms with Gasteiger partial charge in [-0.2, -0.15) is 0 Å². The van der Waals surface area contributed by atoms with Crippen LogP contribution in [0.15, 0.2) is 0 Å². The molecule has 0 aromatic carbocycles. The normalized spacial score (nSPS) is 27.6. The molecule has 5 fully saturated rings. The largest absolute Gasteiger partial charge is 0.396 e. The number of hydrogen-bond donors (Lipinski definition) is 4. The molecule has 6 heteroatoms. The second kappa shape index (κ2) is 11.3. The van der Waals surface area contributed by atoms with Crippen LogP contribution < -0.4 is 16.8 Å². The molecule has 5 aliphatic rings. The molecule has 0 aromatic rings. The molecule has 0 radical (unpaired) electrons. The summed E-state index contributed by atoms with van der Waals surface area (Å²) in [5.41, 5.74) is 10.0. The van der Waals surface area contributed by atoms with E-state index in [0.717, 1.165) is 38.0 Å². The number of rotatable bonds is 3. The molecule has 5 rings (SSSR count). The SMILES string of the molecule is C.C.C.NC(=O)C12CCCC(C1)C2.NC(=O)NC1CC1.OCC1CC1. The highest BCUT2D eigenvalue weighted by molar-refractivity contribution is 5.82. The molecule has 0 aromatic heterocycles. The average Bonchev–Trinajstić information content (AvgIpc) is 3.34. The first-order valence-corrected chi connectivity index (χ1v) is 8.42. The fraction of sp³-hybridized carbons (Fsp3) is 0.895. The van der Waals surface area contributed by atoms with Gasteiger partial charge >= 0.3 is 6.03 Å². The fourth-order valence-electron chi connectivity index (χ4n) is 3.24. The average molecular weight is 360 g/mol. The molecular weight excluding hydrogens is 318 g/mol. The molecule has 5 aliphatic carbocycles. The highest BCUT2D eigenvalue weighted by Gasteiger charge is 2.50. The summed E-state index contributed by atoms with van der Waals surface area (Å²) in [6.45, 7) is 0.417. The third kappa shape index (κ3) is 8.56. The molecule has 0 saturated heterocycles. The topological polar surface area (TPSA) is 118 Å². The predicted molar refractivity (Wildman–Crippen MR) is 104 cm³/mol. The van der Waals surface area contributed by atoms with Crippen molar-refractivity contribution < 1.29 is 14.7 Å². The first kappa shape index (κ1) is 25.9. The molecule has 0 atom stereocenters. The molecule has 3 amide bonds. The summed E-state index contributed by atoms with van der Waals surface area (Å²) in [5.74, 6) is 1.47. The maximum atomic E-state index is 10.9. The Bertz CT molecular complexity index is 395. The van der Waals surface area contributed by atoms with E-state index in [2.05, 4.69) is 5.32 Å². The number of urea groups is 1. The number of amides is 3. The molecule has 0 heterocycles. The van der Waals surface area contributed by atoms with E-state index < -0.39 is 6.03 Å². The minimum atomic E-state index is -0.400. The zero-order valence-electron chi connectivity index (χ0n) is 13.2. The highest BCUT2D eigenvalue weighted by atomic mass is 16.3. The van der Waals surface area contributed by atoms with Crippen molar-refractivity contribution in [3.05, 3.63) is 0 Å². The van der Waals surface area contributed by atoms with Gasteiger partial charge in [-0.15, -0.1) is 0 Å². The van der Waals surface area contributed by atoms with Crippen LogP contribution in [0, 0.1) is 17.3 Å². The third-order valence-electron chi connectivity index (χ3n) is 5.03. The molecule has 0 aliphatic heterocycles. The Morgan fingerprint density at radius 3 is 1.72 bits per heavy atom. The monoisotopic (exact) mass is 359 g/mol. The number of primary amides is 2. The summed E-state index contributed by atoms with van der Waals surface area (Å²) in [5, 5.41) is 10.8. The number of nitrogens with one attached hydrogen (secondary N) is 1. The summed E-state index contributed by atoms with van der Waals surface area (Å²) in [6.07, 6.45) is 10.5. The van der Waals surface area contributed by atoms with Gasteiger partial charge in [0.1, 0.15) is 0 Å². The van der Waals surface area contributed by atoms with Gasteiger partial charge in [0.25, 0.3) is 0 Å². The lowest BCUT2D eigenvalue weighted by atomic mass is 9.54. The lowest BCUT2D eigenvalue weighted by Crippen LogP contribution is -2.50. The zero-order chi connectivity index (χ0) is 16.2. The summed E-state index contributed by atoms with van der Waals surface area (Å²) in [7, 11) is 0. The van der Waals surface area contributed by atoms with E-state index >= 15 is 0 Å². The van der Waals surface area contributed by atoms with E-state index in [4.69, 9.17) is 16.6 Å². The quantitative estimate of drug-likeness (QED) is 0.619. The van der Waals surface area contributed by atoms with Crippen LogP contribution in [0.5, 0.6) is 0 Å². The van der Waals surface area contributed by atoms with Crippen molar-refractivity contribution in [3.63, 3.8) is 0 Å². The van der Waals surface area contributed by atoms with Gasteiger partial charge in [-0.3, -0.25) is 4.79 Å². The minimum Gasteiger partial charge on any atom is -0.396 e. The van der Waals surface area contributed by atoms with Gasteiger partial charge < -0.3 is 21.9 Å². The Morgan fingerprint density at radius 2 is 1.56 bits per heavy atom. The Balaban J connectivity index is 0. The third-order valence-corrected chi connectivity index (χ3v) is 5.03. The second-order valence-corrected chi connectivity index (χ2v) is 7.22. The lowest BCUT2D eigenvalue weighted by molar-refractivity contribution is -0.140. The van der Waals surface area contributed by atoms with Crippen molar-refractivity contribution >= 4 is 11.9 Å². The van der Waals surface area contributed by atoms with Crippen LogP contribution in [0.1, 0.15) is 80.1 Å². The van der Waals surface area contributed by atoms with Gasteiger partial charge in [0, 0.05) is 18.1 Å². The Kier molecular flexibility index (Phi) is 11.8. The molecule has 5 saturated carbocycles. The van der Waals surface area contributed by atoms with Gasteiger partial charge in [0.15, 0.2) is 0 Å². The summed E-state index contributed by atoms with van der Waals surface area (Å²) in [4.78, 5) is 20.9. The van der Waals surface area contributed by atoms with Gasteiger partial charge in [-0.25, -0.2) is 4.79 Å². The molecule has 0 spiro atoms. The van der Waals surface area contributed by atoms with Gasteiger partial charge in [-0.05, 0) is 56.8 Å². The molecular formula is C19H41N3O3. The Labute approximate surface area is 154 Å². The number of aliphatic hydroxyl groups excluding tert-OH is 1. The van der Waals surface area contributed by atoms with E-state index in [1.807, 2.05) is 0 Å². The lowest BCUT2D eigenvalue weighted by Gasteiger charge is -2.50. The molecule has 25 heavy (non-hydrogen) atoms. The standard InChI is InChI=1S/C8H13NO.C4H8N2O.C4H8O.3CH4/c9-7(10)8-3-1-2-6(4-8)5-8;5-4(7)6-3-1-2-3;5-3-4-1-2-4;;;/h6H,1-5H2,(H2,9,10);3H,1-2H2,(H3,5,6,7);4-5H,1-3H2;3*1H4. The van der Waals surface area contributed by atoms with Gasteiger partial charge in [-0.1, -0.05) is 35.1 Å². The maximum absolute atomic E-state index is 10.9. The molecule has 6 nitrogen and oxygen atoms in total. The van der Waals surface area contributed by atoms with E-state index in [-0.39, 0.29) is 33.6 Å². The van der Waals surface area contributed by atoms with E-state index in [1.165, 1.54) is 25.7 Å². The molecule has 0 unspecified atom stereocenters. The van der Waals surface area contributed by atoms with E-state index in [0.29, 0.717) is 18.6 Å². The number of hydrogen-bond acceptors (Lipinski definition) is 3. The number of carbonyl (C=O) groups excluding carboxylic acids is 2. The smallest absolute Gasteiger partial charge is 0.312 e. The van der Waals surface area contributed by atoms with Crippen LogP contribution in [0.4, 0.5) is 4.79 Å². The van der Waals surface area contributed by atoms with Crippen LogP contribution in [0.25, 0.3) is 0 Å². The van der Waals surface area contributed by atoms with Crippen molar-refractivity contribution in [1.29, 1.82) is 0 Å².